The molecule has 1 saturated heterocycles. The number of carbonyl (C=O) groups is 2. The van der Waals surface area contributed by atoms with Crippen LogP contribution in [0.1, 0.15) is 19.8 Å². The monoisotopic (exact) mass is 240 g/mol. The zero-order chi connectivity index (χ0) is 12.4. The highest BCUT2D eigenvalue weighted by molar-refractivity contribution is 5.82. The van der Waals surface area contributed by atoms with Crippen molar-refractivity contribution in [2.24, 2.45) is 17.8 Å². The van der Waals surface area contributed by atoms with Crippen molar-refractivity contribution >= 4 is 11.8 Å². The molecule has 0 bridgehead atoms. The minimum absolute atomic E-state index is 0.0684. The van der Waals surface area contributed by atoms with Crippen molar-refractivity contribution in [1.82, 2.24) is 10.2 Å². The van der Waals surface area contributed by atoms with Crippen LogP contribution in [0.2, 0.25) is 0 Å². The molecule has 0 aromatic heterocycles. The fourth-order valence-electron chi connectivity index (χ4n) is 2.16. The molecule has 0 aromatic carbocycles. The van der Waals surface area contributed by atoms with Crippen LogP contribution in [0.15, 0.2) is 0 Å². The van der Waals surface area contributed by atoms with Crippen LogP contribution in [0.25, 0.3) is 0 Å². The first-order valence-corrected chi connectivity index (χ1v) is 6.28. The second-order valence-corrected chi connectivity index (χ2v) is 5.21. The predicted molar refractivity (Wildman–Crippen MR) is 62.1 cm³/mol. The second-order valence-electron chi connectivity index (χ2n) is 5.21. The molecular formula is C12H20N2O3. The summed E-state index contributed by atoms with van der Waals surface area (Å²) in [6, 6.07) is 0. The van der Waals surface area contributed by atoms with Gasteiger partial charge in [-0.25, -0.2) is 0 Å². The van der Waals surface area contributed by atoms with Crippen LogP contribution in [-0.2, 0) is 9.59 Å². The van der Waals surface area contributed by atoms with Gasteiger partial charge in [-0.15, -0.1) is 0 Å². The van der Waals surface area contributed by atoms with E-state index >= 15 is 0 Å². The summed E-state index contributed by atoms with van der Waals surface area (Å²) in [6.07, 6.45) is 1.34. The van der Waals surface area contributed by atoms with Gasteiger partial charge in [-0.05, 0) is 12.3 Å². The topological polar surface area (TPSA) is 69.6 Å². The molecule has 2 amide bonds. The largest absolute Gasteiger partial charge is 0.396 e. The molecule has 0 radical (unpaired) electrons. The van der Waals surface area contributed by atoms with Crippen molar-refractivity contribution in [3.05, 3.63) is 0 Å². The minimum Gasteiger partial charge on any atom is -0.396 e. The van der Waals surface area contributed by atoms with Crippen molar-refractivity contribution in [3.8, 4) is 0 Å². The van der Waals surface area contributed by atoms with Crippen LogP contribution < -0.4 is 5.32 Å². The molecule has 96 valence electrons. The molecule has 2 atom stereocenters. The number of hydrogen-bond acceptors (Lipinski definition) is 3. The number of nitrogens with zero attached hydrogens (tertiary/aromatic N) is 1. The number of aliphatic hydroxyl groups excluding tert-OH is 1. The maximum absolute atomic E-state index is 11.6. The van der Waals surface area contributed by atoms with Gasteiger partial charge < -0.3 is 15.3 Å². The van der Waals surface area contributed by atoms with E-state index in [1.807, 2.05) is 0 Å². The molecule has 2 aliphatic rings. The molecule has 2 N–H and O–H groups in total. The molecule has 0 aromatic rings. The average Bonchev–Trinajstić information content (AvgIpc) is 2.94. The van der Waals surface area contributed by atoms with E-state index in [0.717, 1.165) is 6.42 Å². The average molecular weight is 240 g/mol. The van der Waals surface area contributed by atoms with Gasteiger partial charge in [0.1, 0.15) is 0 Å². The Kier molecular flexibility index (Phi) is 3.66. The SMILES string of the molecule is CC1CC1C(=O)NCCC(=O)N1CC(CO)C1. The Balaban J connectivity index is 1.56. The first-order chi connectivity index (χ1) is 8.11. The number of carbonyl (C=O) groups excluding carboxylic acids is 2. The third kappa shape index (κ3) is 2.97. The Hall–Kier alpha value is -1.10. The number of rotatable bonds is 5. The Bertz CT molecular complexity index is 313. The number of likely N-dealkylation sites (tertiary alicyclic amines) is 1. The van der Waals surface area contributed by atoms with Crippen LogP contribution in [0, 0.1) is 17.8 Å². The van der Waals surface area contributed by atoms with Crippen LogP contribution in [0.4, 0.5) is 0 Å². The molecule has 17 heavy (non-hydrogen) atoms. The van der Waals surface area contributed by atoms with Gasteiger partial charge in [0.2, 0.25) is 11.8 Å². The Morgan fingerprint density at radius 2 is 2.06 bits per heavy atom. The third-order valence-electron chi connectivity index (χ3n) is 3.65. The Labute approximate surface area is 101 Å². The Morgan fingerprint density at radius 1 is 1.41 bits per heavy atom. The Morgan fingerprint density at radius 3 is 2.59 bits per heavy atom. The lowest BCUT2D eigenvalue weighted by molar-refractivity contribution is -0.138. The predicted octanol–water partition coefficient (Wildman–Crippen LogP) is -0.401. The van der Waals surface area contributed by atoms with E-state index in [-0.39, 0.29) is 30.3 Å². The van der Waals surface area contributed by atoms with Crippen LogP contribution in [0.3, 0.4) is 0 Å². The molecule has 5 heteroatoms. The van der Waals surface area contributed by atoms with Gasteiger partial charge >= 0.3 is 0 Å². The maximum atomic E-state index is 11.6. The van der Waals surface area contributed by atoms with Crippen LogP contribution >= 0.6 is 0 Å². The van der Waals surface area contributed by atoms with Gasteiger partial charge in [-0.2, -0.15) is 0 Å². The first-order valence-electron chi connectivity index (χ1n) is 6.28. The van der Waals surface area contributed by atoms with Crippen LogP contribution in [-0.4, -0.2) is 48.1 Å². The third-order valence-corrected chi connectivity index (χ3v) is 3.65. The standard InChI is InChI=1S/C12H20N2O3/c1-8-4-10(8)12(17)13-3-2-11(16)14-5-9(6-14)7-15/h8-10,15H,2-7H2,1H3,(H,13,17). The highest BCUT2D eigenvalue weighted by Crippen LogP contribution is 2.37. The van der Waals surface area contributed by atoms with Gasteiger partial charge in [-0.1, -0.05) is 6.92 Å². The summed E-state index contributed by atoms with van der Waals surface area (Å²) in [7, 11) is 0. The van der Waals surface area contributed by atoms with Gasteiger partial charge in [-0.3, -0.25) is 9.59 Å². The second kappa shape index (κ2) is 5.04. The lowest BCUT2D eigenvalue weighted by Gasteiger charge is -2.38. The van der Waals surface area contributed by atoms with E-state index in [2.05, 4.69) is 12.2 Å². The molecule has 2 unspecified atom stereocenters. The van der Waals surface area contributed by atoms with E-state index in [1.54, 1.807) is 4.90 Å². The zero-order valence-electron chi connectivity index (χ0n) is 10.2. The fourth-order valence-corrected chi connectivity index (χ4v) is 2.16. The molecule has 2 fully saturated rings. The van der Waals surface area contributed by atoms with Gasteiger partial charge in [0.25, 0.3) is 0 Å². The zero-order valence-corrected chi connectivity index (χ0v) is 10.2. The summed E-state index contributed by atoms with van der Waals surface area (Å²) in [5, 5.41) is 11.6. The molecule has 1 heterocycles. The van der Waals surface area contributed by atoms with Gasteiger partial charge in [0, 0.05) is 44.5 Å². The van der Waals surface area contributed by atoms with Gasteiger partial charge in [0.05, 0.1) is 0 Å². The number of aliphatic hydroxyl groups is 1. The number of amides is 2. The molecule has 5 nitrogen and oxygen atoms in total. The molecule has 1 aliphatic heterocycles. The van der Waals surface area contributed by atoms with Crippen molar-refractivity contribution in [2.45, 2.75) is 19.8 Å². The summed E-state index contributed by atoms with van der Waals surface area (Å²) >= 11 is 0. The lowest BCUT2D eigenvalue weighted by Crippen LogP contribution is -2.51. The van der Waals surface area contributed by atoms with E-state index < -0.39 is 0 Å². The van der Waals surface area contributed by atoms with Crippen LogP contribution in [0.5, 0.6) is 0 Å². The normalized spacial score (nSPS) is 27.5. The first kappa shape index (κ1) is 12.4. The number of nitrogens with one attached hydrogen (secondary N) is 1. The fraction of sp³-hybridized carbons (Fsp3) is 0.833. The molecule has 1 aliphatic carbocycles. The maximum Gasteiger partial charge on any atom is 0.224 e. The van der Waals surface area contributed by atoms with Crippen molar-refractivity contribution in [1.29, 1.82) is 0 Å². The number of hydrogen-bond donors (Lipinski definition) is 2. The summed E-state index contributed by atoms with van der Waals surface area (Å²) in [4.78, 5) is 24.8. The molecule has 1 saturated carbocycles. The smallest absolute Gasteiger partial charge is 0.224 e. The molecule has 0 spiro atoms. The quantitative estimate of drug-likeness (QED) is 0.687. The van der Waals surface area contributed by atoms with E-state index in [1.165, 1.54) is 0 Å². The summed E-state index contributed by atoms with van der Waals surface area (Å²) in [5.74, 6) is 1.08. The highest BCUT2D eigenvalue weighted by atomic mass is 16.3. The van der Waals surface area contributed by atoms with Crippen molar-refractivity contribution in [3.63, 3.8) is 0 Å². The van der Waals surface area contributed by atoms with E-state index in [4.69, 9.17) is 5.11 Å². The van der Waals surface area contributed by atoms with Gasteiger partial charge in [0.15, 0.2) is 0 Å². The molecule has 2 rings (SSSR count). The van der Waals surface area contributed by atoms with Crippen molar-refractivity contribution < 1.29 is 14.7 Å². The van der Waals surface area contributed by atoms with E-state index in [9.17, 15) is 9.59 Å². The summed E-state index contributed by atoms with van der Waals surface area (Å²) in [6.45, 7) is 3.96. The van der Waals surface area contributed by atoms with Crippen molar-refractivity contribution in [2.75, 3.05) is 26.2 Å². The summed E-state index contributed by atoms with van der Waals surface area (Å²) in [5.41, 5.74) is 0. The lowest BCUT2D eigenvalue weighted by atomic mass is 10.0. The molecular weight excluding hydrogens is 220 g/mol. The highest BCUT2D eigenvalue weighted by Gasteiger charge is 2.38. The summed E-state index contributed by atoms with van der Waals surface area (Å²) < 4.78 is 0. The minimum atomic E-state index is 0.0684. The van der Waals surface area contributed by atoms with E-state index in [0.29, 0.717) is 32.0 Å².